The van der Waals surface area contributed by atoms with Crippen molar-refractivity contribution in [2.45, 2.75) is 6.92 Å². The summed E-state index contributed by atoms with van der Waals surface area (Å²) < 4.78 is 13.9. The summed E-state index contributed by atoms with van der Waals surface area (Å²) >= 11 is 6.04. The van der Waals surface area contributed by atoms with Crippen LogP contribution in [0, 0.1) is 5.82 Å². The lowest BCUT2D eigenvalue weighted by molar-refractivity contribution is 0.0983. The zero-order chi connectivity index (χ0) is 15.4. The van der Waals surface area contributed by atoms with Crippen molar-refractivity contribution in [2.24, 2.45) is 0 Å². The Balaban J connectivity index is 2.44. The first-order valence-electron chi connectivity index (χ1n) is 6.49. The number of benzene rings is 1. The third-order valence-electron chi connectivity index (χ3n) is 3.01. The van der Waals surface area contributed by atoms with Crippen molar-refractivity contribution in [2.75, 3.05) is 23.8 Å². The van der Waals surface area contributed by atoms with Gasteiger partial charge in [-0.3, -0.25) is 4.79 Å². The first kappa shape index (κ1) is 15.3. The second-order valence-corrected chi connectivity index (χ2v) is 4.68. The Hall–Kier alpha value is -2.14. The van der Waals surface area contributed by atoms with Crippen LogP contribution in [0.25, 0.3) is 0 Å². The molecule has 110 valence electrons. The van der Waals surface area contributed by atoms with E-state index < -0.39 is 11.7 Å². The van der Waals surface area contributed by atoms with Gasteiger partial charge in [0.15, 0.2) is 0 Å². The van der Waals surface area contributed by atoms with Gasteiger partial charge in [-0.2, -0.15) is 0 Å². The number of amides is 1. The molecule has 0 radical (unpaired) electrons. The Labute approximate surface area is 127 Å². The van der Waals surface area contributed by atoms with Crippen LogP contribution in [0.2, 0.25) is 5.02 Å². The highest BCUT2D eigenvalue weighted by molar-refractivity contribution is 6.34. The Morgan fingerprint density at radius 2 is 2.05 bits per heavy atom. The third kappa shape index (κ3) is 3.13. The highest BCUT2D eigenvalue weighted by Gasteiger charge is 2.22. The largest absolute Gasteiger partial charge is 0.373 e. The molecule has 2 rings (SSSR count). The summed E-state index contributed by atoms with van der Waals surface area (Å²) in [7, 11) is 1.69. The number of aromatic nitrogens is 1. The van der Waals surface area contributed by atoms with Gasteiger partial charge in [-0.15, -0.1) is 0 Å². The Bertz CT molecular complexity index is 663. The number of carbonyl (C=O) groups excluding carboxylic acids is 1. The van der Waals surface area contributed by atoms with E-state index in [4.69, 9.17) is 11.6 Å². The van der Waals surface area contributed by atoms with Gasteiger partial charge in [0.2, 0.25) is 0 Å². The predicted molar refractivity (Wildman–Crippen MR) is 82.5 cm³/mol. The summed E-state index contributed by atoms with van der Waals surface area (Å²) in [6.07, 6.45) is 0. The number of carbonyl (C=O) groups is 1. The zero-order valence-corrected chi connectivity index (χ0v) is 12.5. The van der Waals surface area contributed by atoms with Crippen LogP contribution < -0.4 is 10.2 Å². The quantitative estimate of drug-likeness (QED) is 0.939. The maximum absolute atomic E-state index is 13.9. The second-order valence-electron chi connectivity index (χ2n) is 4.28. The molecule has 1 N–H and O–H groups in total. The minimum absolute atomic E-state index is 0.0913. The number of nitrogens with zero attached hydrogens (tertiary/aromatic N) is 2. The van der Waals surface area contributed by atoms with Gasteiger partial charge in [0, 0.05) is 13.6 Å². The number of pyridine rings is 1. The van der Waals surface area contributed by atoms with Crippen LogP contribution in [-0.2, 0) is 0 Å². The van der Waals surface area contributed by atoms with E-state index in [0.29, 0.717) is 12.4 Å². The lowest BCUT2D eigenvalue weighted by Crippen LogP contribution is -2.32. The molecule has 0 saturated carbocycles. The molecule has 0 unspecified atom stereocenters. The third-order valence-corrected chi connectivity index (χ3v) is 3.31. The van der Waals surface area contributed by atoms with Crippen LogP contribution >= 0.6 is 11.6 Å². The minimum Gasteiger partial charge on any atom is -0.373 e. The lowest BCUT2D eigenvalue weighted by Gasteiger charge is -2.21. The van der Waals surface area contributed by atoms with Crippen molar-refractivity contribution in [3.8, 4) is 0 Å². The van der Waals surface area contributed by atoms with Gasteiger partial charge in [0.1, 0.15) is 17.3 Å². The van der Waals surface area contributed by atoms with Gasteiger partial charge in [-0.1, -0.05) is 23.7 Å². The molecule has 1 aromatic heterocycles. The van der Waals surface area contributed by atoms with Crippen LogP contribution in [0.4, 0.5) is 15.9 Å². The van der Waals surface area contributed by atoms with E-state index >= 15 is 0 Å². The number of anilines is 2. The molecule has 1 heterocycles. The van der Waals surface area contributed by atoms with Crippen molar-refractivity contribution in [3.05, 3.63) is 52.9 Å². The number of hydrogen-bond donors (Lipinski definition) is 1. The fourth-order valence-corrected chi connectivity index (χ4v) is 2.14. The molecule has 21 heavy (non-hydrogen) atoms. The van der Waals surface area contributed by atoms with Crippen molar-refractivity contribution in [3.63, 3.8) is 0 Å². The molecule has 6 heteroatoms. The molecular formula is C15H15ClFN3O. The fourth-order valence-electron chi connectivity index (χ4n) is 1.95. The molecule has 4 nitrogen and oxygen atoms in total. The van der Waals surface area contributed by atoms with Gasteiger partial charge >= 0.3 is 0 Å². The smallest absolute Gasteiger partial charge is 0.278 e. The van der Waals surface area contributed by atoms with E-state index in [0.717, 1.165) is 0 Å². The van der Waals surface area contributed by atoms with Crippen molar-refractivity contribution < 1.29 is 9.18 Å². The maximum atomic E-state index is 13.9. The normalized spacial score (nSPS) is 10.3. The fraction of sp³-hybridized carbons (Fsp3) is 0.200. The Morgan fingerprint density at radius 1 is 1.33 bits per heavy atom. The maximum Gasteiger partial charge on any atom is 0.278 e. The molecule has 0 fully saturated rings. The molecule has 0 atom stereocenters. The lowest BCUT2D eigenvalue weighted by atomic mass is 10.2. The Morgan fingerprint density at radius 3 is 2.67 bits per heavy atom. The van der Waals surface area contributed by atoms with Gasteiger partial charge in [-0.05, 0) is 31.2 Å². The highest BCUT2D eigenvalue weighted by Crippen LogP contribution is 2.24. The predicted octanol–water partition coefficient (Wildman–Crippen LogP) is 3.58. The molecule has 0 aliphatic rings. The molecule has 1 aromatic carbocycles. The number of nitrogens with one attached hydrogen (secondary N) is 1. The van der Waals surface area contributed by atoms with E-state index in [1.54, 1.807) is 44.3 Å². The number of hydrogen-bond acceptors (Lipinski definition) is 3. The number of para-hydroxylation sites is 1. The van der Waals surface area contributed by atoms with Gasteiger partial charge in [0.25, 0.3) is 5.91 Å². The topological polar surface area (TPSA) is 45.2 Å². The van der Waals surface area contributed by atoms with E-state index in [9.17, 15) is 9.18 Å². The summed E-state index contributed by atoms with van der Waals surface area (Å²) in [6, 6.07) is 9.36. The zero-order valence-electron chi connectivity index (χ0n) is 11.7. The van der Waals surface area contributed by atoms with E-state index in [1.165, 1.54) is 11.0 Å². The number of halogens is 2. The molecule has 0 bridgehead atoms. The van der Waals surface area contributed by atoms with Crippen LogP contribution in [0.3, 0.4) is 0 Å². The molecule has 0 aliphatic carbocycles. The summed E-state index contributed by atoms with van der Waals surface area (Å²) in [5.74, 6) is -0.384. The average molecular weight is 308 g/mol. The highest BCUT2D eigenvalue weighted by atomic mass is 35.5. The van der Waals surface area contributed by atoms with E-state index in [-0.39, 0.29) is 16.4 Å². The van der Waals surface area contributed by atoms with Crippen molar-refractivity contribution in [1.82, 2.24) is 4.98 Å². The summed E-state index contributed by atoms with van der Waals surface area (Å²) in [5.41, 5.74) is 0.298. The monoisotopic (exact) mass is 307 g/mol. The van der Waals surface area contributed by atoms with Crippen molar-refractivity contribution in [1.29, 1.82) is 0 Å². The Kier molecular flexibility index (Phi) is 4.75. The molecule has 1 amide bonds. The molecular weight excluding hydrogens is 293 g/mol. The first-order valence-corrected chi connectivity index (χ1v) is 6.87. The van der Waals surface area contributed by atoms with Crippen LogP contribution in [0.1, 0.15) is 17.4 Å². The summed E-state index contributed by atoms with van der Waals surface area (Å²) in [6.45, 7) is 2.07. The first-order chi connectivity index (χ1) is 10.1. The van der Waals surface area contributed by atoms with Gasteiger partial charge in [-0.25, -0.2) is 9.37 Å². The standard InChI is InChI=1S/C15H15ClFN3O/c1-3-20(12-7-5-4-6-11(12)17)15(21)14-10(16)8-9-13(18-2)19-14/h4-9H,3H2,1-2H3,(H,18,19). The summed E-state index contributed by atoms with van der Waals surface area (Å²) in [4.78, 5) is 18.1. The minimum atomic E-state index is -0.464. The SMILES string of the molecule is CCN(C(=O)c1nc(NC)ccc1Cl)c1ccccc1F. The van der Waals surface area contributed by atoms with E-state index in [2.05, 4.69) is 10.3 Å². The summed E-state index contributed by atoms with van der Waals surface area (Å²) in [5, 5.41) is 3.07. The van der Waals surface area contributed by atoms with Gasteiger partial charge in [0.05, 0.1) is 10.7 Å². The molecule has 2 aromatic rings. The van der Waals surface area contributed by atoms with Crippen LogP contribution in [0.5, 0.6) is 0 Å². The van der Waals surface area contributed by atoms with Gasteiger partial charge < -0.3 is 10.2 Å². The molecule has 0 spiro atoms. The van der Waals surface area contributed by atoms with E-state index in [1.807, 2.05) is 0 Å². The van der Waals surface area contributed by atoms with Crippen LogP contribution in [0.15, 0.2) is 36.4 Å². The average Bonchev–Trinajstić information content (AvgIpc) is 2.50. The molecule has 0 saturated heterocycles. The number of rotatable bonds is 4. The van der Waals surface area contributed by atoms with Crippen LogP contribution in [-0.4, -0.2) is 24.5 Å². The molecule has 0 aliphatic heterocycles. The second kappa shape index (κ2) is 6.54. The van der Waals surface area contributed by atoms with Crippen molar-refractivity contribution >= 4 is 29.0 Å².